The van der Waals surface area contributed by atoms with E-state index in [1.54, 1.807) is 13.3 Å². The van der Waals surface area contributed by atoms with Crippen molar-refractivity contribution in [3.05, 3.63) is 54.1 Å². The highest BCUT2D eigenvalue weighted by atomic mass is 16.5. The zero-order chi connectivity index (χ0) is 20.7. The molecule has 152 valence electrons. The second-order valence-electron chi connectivity index (χ2n) is 7.80. The van der Waals surface area contributed by atoms with E-state index in [1.807, 2.05) is 42.2 Å². The zero-order valence-corrected chi connectivity index (χ0v) is 17.1. The van der Waals surface area contributed by atoms with Crippen LogP contribution in [0, 0.1) is 11.8 Å². The van der Waals surface area contributed by atoms with Crippen LogP contribution >= 0.6 is 0 Å². The summed E-state index contributed by atoms with van der Waals surface area (Å²) in [6.07, 6.45) is 6.68. The van der Waals surface area contributed by atoms with Gasteiger partial charge in [0.2, 0.25) is 0 Å². The normalized spacial score (nSPS) is 18.7. The van der Waals surface area contributed by atoms with Gasteiger partial charge >= 0.3 is 0 Å². The minimum Gasteiger partial charge on any atom is -0.383 e. The van der Waals surface area contributed by atoms with Crippen molar-refractivity contribution in [3.8, 4) is 11.8 Å². The van der Waals surface area contributed by atoms with Crippen molar-refractivity contribution < 1.29 is 4.74 Å². The topological polar surface area (TPSA) is 82.9 Å². The molecule has 3 N–H and O–H groups in total. The molecule has 0 radical (unpaired) electrons. The van der Waals surface area contributed by atoms with Gasteiger partial charge in [0, 0.05) is 50.7 Å². The maximum atomic E-state index is 6.25. The second-order valence-corrected chi connectivity index (χ2v) is 7.80. The monoisotopic (exact) mass is 400 g/mol. The van der Waals surface area contributed by atoms with E-state index >= 15 is 0 Å². The maximum absolute atomic E-state index is 6.25. The van der Waals surface area contributed by atoms with Crippen molar-refractivity contribution in [2.24, 2.45) is 7.05 Å². The summed E-state index contributed by atoms with van der Waals surface area (Å²) >= 11 is 0. The lowest BCUT2D eigenvalue weighted by atomic mass is 10.1. The fraction of sp³-hybridized carbons (Fsp3) is 0.304. The molecule has 1 aliphatic rings. The standard InChI is InChI=1S/C23H24N6O/c1-28-14-27-19-9-15(4-6-20(19)28)3-5-16-12-29(18-10-17(13-30-2)26-11-18)21-7-8-25-23(24)22(16)21/h4,6-9,12,14,17-18,26H,10-11,13H2,1-2H3,(H2,24,25)/t17-,18+/m1/s1. The predicted molar refractivity (Wildman–Crippen MR) is 118 cm³/mol. The van der Waals surface area contributed by atoms with E-state index in [4.69, 9.17) is 10.5 Å². The Labute approximate surface area is 174 Å². The fourth-order valence-electron chi connectivity index (χ4n) is 4.32. The van der Waals surface area contributed by atoms with E-state index in [1.165, 1.54) is 0 Å². The molecular weight excluding hydrogens is 376 g/mol. The molecule has 0 saturated carbocycles. The number of hydrogen-bond acceptors (Lipinski definition) is 5. The highest BCUT2D eigenvalue weighted by Gasteiger charge is 2.27. The van der Waals surface area contributed by atoms with E-state index < -0.39 is 0 Å². The molecule has 4 heterocycles. The van der Waals surface area contributed by atoms with E-state index in [9.17, 15) is 0 Å². The minimum absolute atomic E-state index is 0.329. The number of nitrogens with two attached hydrogens (primary N) is 1. The van der Waals surface area contributed by atoms with Crippen molar-refractivity contribution in [1.29, 1.82) is 0 Å². The van der Waals surface area contributed by atoms with Crippen LogP contribution < -0.4 is 11.1 Å². The van der Waals surface area contributed by atoms with Gasteiger partial charge in [-0.05, 0) is 30.7 Å². The summed E-state index contributed by atoms with van der Waals surface area (Å²) in [6, 6.07) is 8.78. The lowest BCUT2D eigenvalue weighted by Gasteiger charge is -2.13. The van der Waals surface area contributed by atoms with Gasteiger partial charge in [0.15, 0.2) is 0 Å². The fourth-order valence-corrected chi connectivity index (χ4v) is 4.32. The number of benzene rings is 1. The molecule has 2 atom stereocenters. The molecule has 1 saturated heterocycles. The third-order valence-corrected chi connectivity index (χ3v) is 5.80. The van der Waals surface area contributed by atoms with Gasteiger partial charge in [-0.3, -0.25) is 0 Å². The Bertz CT molecular complexity index is 1290. The molecule has 0 amide bonds. The molecule has 30 heavy (non-hydrogen) atoms. The molecule has 1 aliphatic heterocycles. The molecule has 7 heteroatoms. The first kappa shape index (κ1) is 18.7. The molecule has 4 aromatic rings. The van der Waals surface area contributed by atoms with Crippen LogP contribution in [-0.4, -0.2) is 45.4 Å². The summed E-state index contributed by atoms with van der Waals surface area (Å²) < 4.78 is 9.59. The Kier molecular flexibility index (Phi) is 4.66. The molecule has 5 rings (SSSR count). The molecule has 0 bridgehead atoms. The average molecular weight is 400 g/mol. The first-order valence-corrected chi connectivity index (χ1v) is 10.0. The van der Waals surface area contributed by atoms with Crippen molar-refractivity contribution in [2.75, 3.05) is 26.0 Å². The number of pyridine rings is 1. The molecule has 3 aromatic heterocycles. The third kappa shape index (κ3) is 3.20. The summed E-state index contributed by atoms with van der Waals surface area (Å²) in [4.78, 5) is 8.72. The molecule has 0 spiro atoms. The van der Waals surface area contributed by atoms with E-state index in [0.717, 1.165) is 46.0 Å². The van der Waals surface area contributed by atoms with Crippen LogP contribution in [0.4, 0.5) is 5.82 Å². The predicted octanol–water partition coefficient (Wildman–Crippen LogP) is 2.45. The molecule has 1 fully saturated rings. The van der Waals surface area contributed by atoms with E-state index in [-0.39, 0.29) is 0 Å². The SMILES string of the molecule is COC[C@H]1C[C@H](n2cc(C#Cc3ccc4c(c3)ncn4C)c3c(N)nccc32)CN1. The summed E-state index contributed by atoms with van der Waals surface area (Å²) in [5.41, 5.74) is 11.2. The van der Waals surface area contributed by atoms with Crippen molar-refractivity contribution in [2.45, 2.75) is 18.5 Å². The molecule has 0 aliphatic carbocycles. The smallest absolute Gasteiger partial charge is 0.134 e. The lowest BCUT2D eigenvalue weighted by Crippen LogP contribution is -2.25. The van der Waals surface area contributed by atoms with Crippen LogP contribution in [-0.2, 0) is 11.8 Å². The number of aromatic nitrogens is 4. The van der Waals surface area contributed by atoms with Crippen LogP contribution in [0.2, 0.25) is 0 Å². The van der Waals surface area contributed by atoms with Crippen molar-refractivity contribution in [1.82, 2.24) is 24.4 Å². The zero-order valence-electron chi connectivity index (χ0n) is 17.1. The van der Waals surface area contributed by atoms with Crippen molar-refractivity contribution in [3.63, 3.8) is 0 Å². The Morgan fingerprint density at radius 3 is 3.00 bits per heavy atom. The second kappa shape index (κ2) is 7.48. The van der Waals surface area contributed by atoms with Crippen LogP contribution in [0.5, 0.6) is 0 Å². The Hall–Kier alpha value is -3.34. The van der Waals surface area contributed by atoms with E-state index in [2.05, 4.69) is 37.9 Å². The number of nitrogens with one attached hydrogen (secondary N) is 1. The number of methoxy groups -OCH3 is 1. The van der Waals surface area contributed by atoms with Gasteiger partial charge in [0.05, 0.1) is 40.4 Å². The van der Waals surface area contributed by atoms with Gasteiger partial charge in [-0.1, -0.05) is 11.8 Å². The highest BCUT2D eigenvalue weighted by molar-refractivity contribution is 5.95. The number of aryl methyl sites for hydroxylation is 1. The van der Waals surface area contributed by atoms with Gasteiger partial charge in [-0.2, -0.15) is 0 Å². The quantitative estimate of drug-likeness (QED) is 0.516. The average Bonchev–Trinajstić information content (AvgIpc) is 3.45. The van der Waals surface area contributed by atoms with Gasteiger partial charge in [0.25, 0.3) is 0 Å². The van der Waals surface area contributed by atoms with Crippen LogP contribution in [0.3, 0.4) is 0 Å². The molecule has 7 nitrogen and oxygen atoms in total. The Morgan fingerprint density at radius 1 is 1.23 bits per heavy atom. The number of nitrogen functional groups attached to an aromatic ring is 1. The van der Waals surface area contributed by atoms with Gasteiger partial charge in [0.1, 0.15) is 5.82 Å². The number of hydrogen-bond donors (Lipinski definition) is 2. The van der Waals surface area contributed by atoms with Gasteiger partial charge in [-0.15, -0.1) is 0 Å². The number of nitrogens with zero attached hydrogens (tertiary/aromatic N) is 4. The summed E-state index contributed by atoms with van der Waals surface area (Å²) in [5.74, 6) is 7.12. The summed E-state index contributed by atoms with van der Waals surface area (Å²) in [7, 11) is 3.73. The highest BCUT2D eigenvalue weighted by Crippen LogP contribution is 2.31. The first-order valence-electron chi connectivity index (χ1n) is 10.0. The van der Waals surface area contributed by atoms with Crippen LogP contribution in [0.15, 0.2) is 43.0 Å². The van der Waals surface area contributed by atoms with Crippen LogP contribution in [0.1, 0.15) is 23.6 Å². The summed E-state index contributed by atoms with van der Waals surface area (Å²) in [5, 5.41) is 4.45. The Morgan fingerprint density at radius 2 is 2.13 bits per heavy atom. The number of fused-ring (bicyclic) bond motifs is 2. The Balaban J connectivity index is 1.54. The molecule has 1 aromatic carbocycles. The lowest BCUT2D eigenvalue weighted by molar-refractivity contribution is 0.172. The maximum Gasteiger partial charge on any atom is 0.134 e. The van der Waals surface area contributed by atoms with Gasteiger partial charge < -0.3 is 24.9 Å². The third-order valence-electron chi connectivity index (χ3n) is 5.80. The van der Waals surface area contributed by atoms with E-state index in [0.29, 0.717) is 24.5 Å². The summed E-state index contributed by atoms with van der Waals surface area (Å²) in [6.45, 7) is 1.60. The first-order chi connectivity index (χ1) is 14.6. The minimum atomic E-state index is 0.329. The number of rotatable bonds is 3. The number of imidazole rings is 1. The van der Waals surface area contributed by atoms with Gasteiger partial charge in [-0.25, -0.2) is 9.97 Å². The largest absolute Gasteiger partial charge is 0.383 e. The number of ether oxygens (including phenoxy) is 1. The van der Waals surface area contributed by atoms with Crippen molar-refractivity contribution >= 4 is 27.8 Å². The number of anilines is 1. The molecular formula is C23H24N6O. The molecule has 0 unspecified atom stereocenters. The van der Waals surface area contributed by atoms with Crippen LogP contribution in [0.25, 0.3) is 21.9 Å².